The highest BCUT2D eigenvalue weighted by Gasteiger charge is 2.40. The van der Waals surface area contributed by atoms with E-state index >= 15 is 0 Å². The molecule has 8 heteroatoms. The number of benzene rings is 2. The number of para-hydroxylation sites is 3. The van der Waals surface area contributed by atoms with Crippen molar-refractivity contribution < 1.29 is 17.9 Å². The molecular formula is C23H25ClN2O4S. The molecule has 0 bridgehead atoms. The zero-order valence-corrected chi connectivity index (χ0v) is 19.0. The molecule has 1 saturated carbocycles. The fourth-order valence-corrected chi connectivity index (χ4v) is 5.35. The zero-order chi connectivity index (χ0) is 22.0. The van der Waals surface area contributed by atoms with Crippen LogP contribution < -0.4 is 14.8 Å². The van der Waals surface area contributed by atoms with Crippen LogP contribution in [0.25, 0.3) is 5.57 Å². The molecule has 164 valence electrons. The fraction of sp³-hybridized carbons (Fsp3) is 0.304. The molecule has 4 rings (SSSR count). The molecule has 6 nitrogen and oxygen atoms in total. The summed E-state index contributed by atoms with van der Waals surface area (Å²) in [4.78, 5) is 0. The van der Waals surface area contributed by atoms with Crippen LogP contribution in [0.2, 0.25) is 5.02 Å². The van der Waals surface area contributed by atoms with E-state index in [9.17, 15) is 8.42 Å². The molecule has 0 unspecified atom stereocenters. The van der Waals surface area contributed by atoms with E-state index in [1.807, 2.05) is 49.4 Å². The van der Waals surface area contributed by atoms with E-state index in [0.29, 0.717) is 34.6 Å². The first kappa shape index (κ1) is 21.6. The van der Waals surface area contributed by atoms with Crippen LogP contribution >= 0.6 is 11.6 Å². The van der Waals surface area contributed by atoms with Gasteiger partial charge in [0.25, 0.3) is 0 Å². The maximum absolute atomic E-state index is 12.7. The second-order valence-corrected chi connectivity index (χ2v) is 9.90. The SMILES string of the molecule is CCOc1ccccc1Oc1c(Cl)cccc1C1=CCN(S(=O)(=O)C2CC2)C=C1NC. The molecule has 2 aromatic rings. The maximum Gasteiger partial charge on any atom is 0.237 e. The Bertz CT molecular complexity index is 1140. The second kappa shape index (κ2) is 8.85. The molecule has 1 fully saturated rings. The number of sulfonamides is 1. The number of ether oxygens (including phenoxy) is 2. The topological polar surface area (TPSA) is 67.9 Å². The Morgan fingerprint density at radius 1 is 1.13 bits per heavy atom. The highest BCUT2D eigenvalue weighted by molar-refractivity contribution is 7.90. The molecule has 31 heavy (non-hydrogen) atoms. The van der Waals surface area contributed by atoms with E-state index in [4.69, 9.17) is 21.1 Å². The summed E-state index contributed by atoms with van der Waals surface area (Å²) < 4.78 is 38.7. The van der Waals surface area contributed by atoms with Gasteiger partial charge in [0, 0.05) is 24.4 Å². The Hall–Kier alpha value is -2.64. The number of hydrogen-bond donors (Lipinski definition) is 1. The predicted octanol–water partition coefficient (Wildman–Crippen LogP) is 4.78. The second-order valence-electron chi connectivity index (χ2n) is 7.32. The molecule has 1 N–H and O–H groups in total. The van der Waals surface area contributed by atoms with E-state index < -0.39 is 10.0 Å². The smallest absolute Gasteiger partial charge is 0.237 e. The van der Waals surface area contributed by atoms with Crippen LogP contribution in [-0.2, 0) is 10.0 Å². The van der Waals surface area contributed by atoms with Gasteiger partial charge < -0.3 is 14.8 Å². The van der Waals surface area contributed by atoms with Crippen molar-refractivity contribution in [1.82, 2.24) is 9.62 Å². The maximum atomic E-state index is 12.7. The van der Waals surface area contributed by atoms with Crippen LogP contribution in [0.4, 0.5) is 0 Å². The minimum absolute atomic E-state index is 0.265. The molecule has 0 radical (unpaired) electrons. The van der Waals surface area contributed by atoms with Crippen molar-refractivity contribution in [3.05, 3.63) is 71.0 Å². The first-order valence-corrected chi connectivity index (χ1v) is 12.1. The molecular weight excluding hydrogens is 436 g/mol. The van der Waals surface area contributed by atoms with Gasteiger partial charge in [-0.15, -0.1) is 0 Å². The van der Waals surface area contributed by atoms with Crippen molar-refractivity contribution in [3.8, 4) is 17.2 Å². The first-order chi connectivity index (χ1) is 15.0. The van der Waals surface area contributed by atoms with Crippen molar-refractivity contribution in [3.63, 3.8) is 0 Å². The Morgan fingerprint density at radius 2 is 1.87 bits per heavy atom. The van der Waals surface area contributed by atoms with Crippen molar-refractivity contribution >= 4 is 27.2 Å². The van der Waals surface area contributed by atoms with Crippen LogP contribution in [0.3, 0.4) is 0 Å². The van der Waals surface area contributed by atoms with Gasteiger partial charge in [0.15, 0.2) is 17.2 Å². The van der Waals surface area contributed by atoms with E-state index in [2.05, 4.69) is 5.32 Å². The lowest BCUT2D eigenvalue weighted by Gasteiger charge is -2.27. The Balaban J connectivity index is 1.70. The molecule has 2 aliphatic rings. The molecule has 0 aromatic heterocycles. The molecule has 0 amide bonds. The minimum Gasteiger partial charge on any atom is -0.490 e. The highest BCUT2D eigenvalue weighted by Crippen LogP contribution is 2.42. The van der Waals surface area contributed by atoms with Gasteiger partial charge in [0.2, 0.25) is 10.0 Å². The number of hydrogen-bond acceptors (Lipinski definition) is 5. The third kappa shape index (κ3) is 4.38. The highest BCUT2D eigenvalue weighted by atomic mass is 35.5. The predicted molar refractivity (Wildman–Crippen MR) is 123 cm³/mol. The standard InChI is InChI=1S/C23H25ClN2O4S/c1-3-29-21-9-4-5-10-22(21)30-23-18(7-6-8-19(23)24)17-13-14-26(15-20(17)25-2)31(27,28)16-11-12-16/h4-10,13,15-16,25H,3,11-12,14H2,1-2H3. The molecule has 0 saturated heterocycles. The molecule has 1 heterocycles. The Morgan fingerprint density at radius 3 is 2.55 bits per heavy atom. The molecule has 0 atom stereocenters. The molecule has 2 aromatic carbocycles. The van der Waals surface area contributed by atoms with Crippen LogP contribution in [0.15, 0.2) is 60.4 Å². The lowest BCUT2D eigenvalue weighted by molar-refractivity contribution is 0.321. The summed E-state index contributed by atoms with van der Waals surface area (Å²) in [5, 5.41) is 3.30. The van der Waals surface area contributed by atoms with E-state index in [-0.39, 0.29) is 11.8 Å². The van der Waals surface area contributed by atoms with Gasteiger partial charge in [-0.25, -0.2) is 8.42 Å². The van der Waals surface area contributed by atoms with E-state index in [1.165, 1.54) is 4.31 Å². The van der Waals surface area contributed by atoms with Crippen molar-refractivity contribution in [2.45, 2.75) is 25.0 Å². The largest absolute Gasteiger partial charge is 0.490 e. The summed E-state index contributed by atoms with van der Waals surface area (Å²) in [7, 11) is -1.55. The Labute approximate surface area is 188 Å². The number of nitrogens with one attached hydrogen (secondary N) is 1. The normalized spacial score (nSPS) is 16.4. The van der Waals surface area contributed by atoms with Crippen LogP contribution in [0, 0.1) is 0 Å². The molecule has 1 aliphatic carbocycles. The van der Waals surface area contributed by atoms with Crippen molar-refractivity contribution in [1.29, 1.82) is 0 Å². The summed E-state index contributed by atoms with van der Waals surface area (Å²) in [6.45, 7) is 2.69. The van der Waals surface area contributed by atoms with Gasteiger partial charge >= 0.3 is 0 Å². The summed E-state index contributed by atoms with van der Waals surface area (Å²) >= 11 is 6.53. The third-order valence-corrected chi connectivity index (χ3v) is 7.72. The van der Waals surface area contributed by atoms with Crippen molar-refractivity contribution in [2.24, 2.45) is 0 Å². The lowest BCUT2D eigenvalue weighted by atomic mass is 10.00. The Kier molecular flexibility index (Phi) is 6.16. The van der Waals surface area contributed by atoms with Gasteiger partial charge in [-0.1, -0.05) is 41.9 Å². The van der Waals surface area contributed by atoms with Gasteiger partial charge in [-0.2, -0.15) is 0 Å². The number of halogens is 1. The van der Waals surface area contributed by atoms with Crippen LogP contribution in [-0.4, -0.2) is 38.2 Å². The van der Waals surface area contributed by atoms with Crippen molar-refractivity contribution in [2.75, 3.05) is 20.2 Å². The fourth-order valence-electron chi connectivity index (χ4n) is 3.49. The summed E-state index contributed by atoms with van der Waals surface area (Å²) in [5.41, 5.74) is 2.28. The summed E-state index contributed by atoms with van der Waals surface area (Å²) in [6.07, 6.45) is 4.99. The van der Waals surface area contributed by atoms with Crippen LogP contribution in [0.1, 0.15) is 25.3 Å². The third-order valence-electron chi connectivity index (χ3n) is 5.20. The van der Waals surface area contributed by atoms with Gasteiger partial charge in [0.1, 0.15) is 0 Å². The average Bonchev–Trinajstić information content (AvgIpc) is 3.62. The number of nitrogens with zero attached hydrogens (tertiary/aromatic N) is 1. The van der Waals surface area contributed by atoms with Gasteiger partial charge in [-0.3, -0.25) is 4.31 Å². The summed E-state index contributed by atoms with van der Waals surface area (Å²) in [5.74, 6) is 1.67. The monoisotopic (exact) mass is 460 g/mol. The number of rotatable bonds is 8. The molecule has 1 aliphatic heterocycles. The lowest BCUT2D eigenvalue weighted by Crippen LogP contribution is -2.33. The average molecular weight is 461 g/mol. The number of allylic oxidation sites excluding steroid dienone is 1. The summed E-state index contributed by atoms with van der Waals surface area (Å²) in [6, 6.07) is 12.9. The van der Waals surface area contributed by atoms with E-state index in [0.717, 1.165) is 24.0 Å². The minimum atomic E-state index is -3.32. The zero-order valence-electron chi connectivity index (χ0n) is 17.5. The van der Waals surface area contributed by atoms with Gasteiger partial charge in [-0.05, 0) is 38.0 Å². The van der Waals surface area contributed by atoms with Crippen LogP contribution in [0.5, 0.6) is 17.2 Å². The number of likely N-dealkylation sites (N-methyl/N-ethyl adjacent to an activating group) is 1. The molecule has 0 spiro atoms. The van der Waals surface area contributed by atoms with E-state index in [1.54, 1.807) is 19.3 Å². The van der Waals surface area contributed by atoms with Gasteiger partial charge in [0.05, 0.1) is 29.1 Å². The quantitative estimate of drug-likeness (QED) is 0.613. The first-order valence-electron chi connectivity index (χ1n) is 10.2.